The quantitative estimate of drug-likeness (QED) is 0.572. The summed E-state index contributed by atoms with van der Waals surface area (Å²) < 4.78 is 2.02. The van der Waals surface area contributed by atoms with E-state index in [1.807, 2.05) is 30.3 Å². The molecule has 3 heterocycles. The average molecular weight is 311 g/mol. The van der Waals surface area contributed by atoms with Gasteiger partial charge in [-0.15, -0.1) is 11.3 Å². The summed E-state index contributed by atoms with van der Waals surface area (Å²) in [4.78, 5) is 17.5. The number of aromatic nitrogens is 4. The van der Waals surface area contributed by atoms with Crippen molar-refractivity contribution in [3.63, 3.8) is 0 Å². The van der Waals surface area contributed by atoms with E-state index in [9.17, 15) is 0 Å². The normalized spacial score (nSPS) is 11.2. The molecule has 0 atom stereocenters. The van der Waals surface area contributed by atoms with Gasteiger partial charge in [-0.25, -0.2) is 15.0 Å². The standard InChI is InChI=1S/C14H9N5S2/c15-8-1-2-9-11(7-8)20-14(18-9)21-12-4-3-10-13(19-12)17-6-5-16-10/h1-7H,15H2. The molecule has 0 radical (unpaired) electrons. The number of rotatable bonds is 2. The van der Waals surface area contributed by atoms with Crippen LogP contribution in [0.2, 0.25) is 0 Å². The number of hydrogen-bond acceptors (Lipinski definition) is 7. The third-order valence-electron chi connectivity index (χ3n) is 2.89. The van der Waals surface area contributed by atoms with Gasteiger partial charge in [0.2, 0.25) is 0 Å². The van der Waals surface area contributed by atoms with Gasteiger partial charge in [0.15, 0.2) is 9.99 Å². The van der Waals surface area contributed by atoms with E-state index in [-0.39, 0.29) is 0 Å². The Morgan fingerprint density at radius 3 is 2.76 bits per heavy atom. The number of anilines is 1. The number of nitrogen functional groups attached to an aromatic ring is 1. The molecule has 0 aliphatic rings. The van der Waals surface area contributed by atoms with Crippen molar-refractivity contribution in [3.8, 4) is 0 Å². The van der Waals surface area contributed by atoms with Crippen LogP contribution in [0.1, 0.15) is 0 Å². The van der Waals surface area contributed by atoms with E-state index in [1.54, 1.807) is 23.7 Å². The Hall–Kier alpha value is -2.25. The van der Waals surface area contributed by atoms with E-state index in [0.29, 0.717) is 5.65 Å². The third kappa shape index (κ3) is 2.41. The van der Waals surface area contributed by atoms with Crippen LogP contribution in [0.3, 0.4) is 0 Å². The summed E-state index contributed by atoms with van der Waals surface area (Å²) in [6.07, 6.45) is 3.30. The van der Waals surface area contributed by atoms with E-state index in [1.165, 1.54) is 11.8 Å². The average Bonchev–Trinajstić information content (AvgIpc) is 2.88. The number of nitrogens with two attached hydrogens (primary N) is 1. The van der Waals surface area contributed by atoms with Crippen molar-refractivity contribution in [3.05, 3.63) is 42.7 Å². The molecule has 0 saturated heterocycles. The number of thiazole rings is 1. The van der Waals surface area contributed by atoms with Crippen LogP contribution in [0.15, 0.2) is 52.1 Å². The fraction of sp³-hybridized carbons (Fsp3) is 0. The van der Waals surface area contributed by atoms with Gasteiger partial charge in [0.1, 0.15) is 10.5 Å². The van der Waals surface area contributed by atoms with Crippen LogP contribution >= 0.6 is 23.1 Å². The van der Waals surface area contributed by atoms with Gasteiger partial charge >= 0.3 is 0 Å². The number of nitrogens with zero attached hydrogens (tertiary/aromatic N) is 4. The molecule has 7 heteroatoms. The summed E-state index contributed by atoms with van der Waals surface area (Å²) in [5, 5.41) is 0.857. The fourth-order valence-electron chi connectivity index (χ4n) is 1.95. The topological polar surface area (TPSA) is 77.6 Å². The molecule has 0 fully saturated rings. The summed E-state index contributed by atoms with van der Waals surface area (Å²) in [6.45, 7) is 0. The smallest absolute Gasteiger partial charge is 0.179 e. The van der Waals surface area contributed by atoms with E-state index in [0.717, 1.165) is 30.8 Å². The number of benzene rings is 1. The second-order valence-corrected chi connectivity index (χ2v) is 6.66. The Labute approximate surface area is 128 Å². The third-order valence-corrected chi connectivity index (χ3v) is 4.91. The summed E-state index contributed by atoms with van der Waals surface area (Å²) in [5.74, 6) is 0. The molecule has 0 bridgehead atoms. The molecule has 0 aliphatic heterocycles. The zero-order valence-corrected chi connectivity index (χ0v) is 12.4. The van der Waals surface area contributed by atoms with Gasteiger partial charge in [-0.1, -0.05) is 0 Å². The van der Waals surface area contributed by atoms with E-state index < -0.39 is 0 Å². The maximum absolute atomic E-state index is 5.79. The second kappa shape index (κ2) is 4.94. The predicted molar refractivity (Wildman–Crippen MR) is 85.5 cm³/mol. The highest BCUT2D eigenvalue weighted by atomic mass is 32.2. The minimum absolute atomic E-state index is 0.646. The van der Waals surface area contributed by atoms with Gasteiger partial charge in [-0.2, -0.15) is 0 Å². The maximum Gasteiger partial charge on any atom is 0.179 e. The summed E-state index contributed by atoms with van der Waals surface area (Å²) in [5.41, 5.74) is 8.94. The molecule has 4 rings (SSSR count). The summed E-state index contributed by atoms with van der Waals surface area (Å²) in [6, 6.07) is 9.59. The first kappa shape index (κ1) is 12.5. The highest BCUT2D eigenvalue weighted by Gasteiger charge is 2.08. The van der Waals surface area contributed by atoms with Crippen molar-refractivity contribution in [2.75, 3.05) is 5.73 Å². The van der Waals surface area contributed by atoms with Gasteiger partial charge in [0, 0.05) is 18.1 Å². The second-order valence-electron chi connectivity index (χ2n) is 4.36. The highest BCUT2D eigenvalue weighted by Crippen LogP contribution is 2.34. The van der Waals surface area contributed by atoms with Crippen LogP contribution < -0.4 is 5.73 Å². The van der Waals surface area contributed by atoms with Crippen LogP contribution in [-0.2, 0) is 0 Å². The molecule has 102 valence electrons. The van der Waals surface area contributed by atoms with Crippen molar-refractivity contribution < 1.29 is 0 Å². The van der Waals surface area contributed by atoms with Crippen molar-refractivity contribution >= 4 is 50.2 Å². The SMILES string of the molecule is Nc1ccc2nc(Sc3ccc4nccnc4n3)sc2c1. The minimum atomic E-state index is 0.646. The Morgan fingerprint density at radius 2 is 1.81 bits per heavy atom. The first-order chi connectivity index (χ1) is 10.3. The van der Waals surface area contributed by atoms with Gasteiger partial charge in [-0.3, -0.25) is 4.98 Å². The Morgan fingerprint density at radius 1 is 0.952 bits per heavy atom. The number of hydrogen-bond donors (Lipinski definition) is 1. The molecule has 0 amide bonds. The molecule has 0 aliphatic carbocycles. The van der Waals surface area contributed by atoms with Crippen molar-refractivity contribution in [1.29, 1.82) is 0 Å². The fourth-order valence-corrected chi connectivity index (χ4v) is 3.98. The molecule has 4 aromatic rings. The molecule has 0 spiro atoms. The molecule has 3 aromatic heterocycles. The van der Waals surface area contributed by atoms with E-state index >= 15 is 0 Å². The molecule has 2 N–H and O–H groups in total. The van der Waals surface area contributed by atoms with E-state index in [4.69, 9.17) is 5.73 Å². The molecule has 0 saturated carbocycles. The largest absolute Gasteiger partial charge is 0.399 e. The summed E-state index contributed by atoms with van der Waals surface area (Å²) in [7, 11) is 0. The van der Waals surface area contributed by atoms with Gasteiger partial charge in [0.05, 0.1) is 10.2 Å². The lowest BCUT2D eigenvalue weighted by Gasteiger charge is -1.98. The van der Waals surface area contributed by atoms with Crippen LogP contribution in [-0.4, -0.2) is 19.9 Å². The van der Waals surface area contributed by atoms with Crippen molar-refractivity contribution in [2.45, 2.75) is 9.37 Å². The predicted octanol–water partition coefficient (Wildman–Crippen LogP) is 3.37. The highest BCUT2D eigenvalue weighted by molar-refractivity contribution is 8.01. The first-order valence-electron chi connectivity index (χ1n) is 6.20. The van der Waals surface area contributed by atoms with Crippen LogP contribution in [0.5, 0.6) is 0 Å². The van der Waals surface area contributed by atoms with Gasteiger partial charge in [0.25, 0.3) is 0 Å². The van der Waals surface area contributed by atoms with Crippen molar-refractivity contribution in [1.82, 2.24) is 19.9 Å². The lowest BCUT2D eigenvalue weighted by Crippen LogP contribution is -1.87. The molecule has 21 heavy (non-hydrogen) atoms. The van der Waals surface area contributed by atoms with Gasteiger partial charge < -0.3 is 5.73 Å². The maximum atomic E-state index is 5.79. The van der Waals surface area contributed by atoms with E-state index in [2.05, 4.69) is 19.9 Å². The monoisotopic (exact) mass is 311 g/mol. The van der Waals surface area contributed by atoms with Crippen LogP contribution in [0.4, 0.5) is 5.69 Å². The molecular formula is C14H9N5S2. The molecule has 0 unspecified atom stereocenters. The molecule has 5 nitrogen and oxygen atoms in total. The zero-order valence-electron chi connectivity index (χ0n) is 10.7. The number of pyridine rings is 1. The molecule has 1 aromatic carbocycles. The zero-order chi connectivity index (χ0) is 14.2. The van der Waals surface area contributed by atoms with Gasteiger partial charge in [-0.05, 0) is 42.1 Å². The molecular weight excluding hydrogens is 302 g/mol. The first-order valence-corrected chi connectivity index (χ1v) is 7.83. The van der Waals surface area contributed by atoms with Crippen molar-refractivity contribution in [2.24, 2.45) is 0 Å². The van der Waals surface area contributed by atoms with Crippen LogP contribution in [0, 0.1) is 0 Å². The lowest BCUT2D eigenvalue weighted by atomic mass is 10.3. The van der Waals surface area contributed by atoms with Crippen LogP contribution in [0.25, 0.3) is 21.4 Å². The Kier molecular flexibility index (Phi) is 2.94. The number of fused-ring (bicyclic) bond motifs is 2. The Balaban J connectivity index is 1.71. The Bertz CT molecular complexity index is 950. The lowest BCUT2D eigenvalue weighted by molar-refractivity contribution is 1.12. The summed E-state index contributed by atoms with van der Waals surface area (Å²) >= 11 is 3.13. The minimum Gasteiger partial charge on any atom is -0.399 e.